The zero-order chi connectivity index (χ0) is 11.1. The Balaban J connectivity index is 2.02. The number of furan rings is 1. The Morgan fingerprint density at radius 3 is 2.67 bits per heavy atom. The van der Waals surface area contributed by atoms with Gasteiger partial charge in [0.15, 0.2) is 17.9 Å². The summed E-state index contributed by atoms with van der Waals surface area (Å²) in [5.74, 6) is 1.21. The maximum Gasteiger partial charge on any atom is 0.196 e. The molecule has 2 rings (SSSR count). The maximum absolute atomic E-state index is 10.4. The van der Waals surface area contributed by atoms with Gasteiger partial charge in [0.2, 0.25) is 0 Å². The van der Waals surface area contributed by atoms with E-state index in [0.29, 0.717) is 31.0 Å². The normalized spacial score (nSPS) is 19.1. The molecule has 0 spiro atoms. The molecule has 0 saturated carbocycles. The predicted molar refractivity (Wildman–Crippen MR) is 56.1 cm³/mol. The molecule has 82 valence electrons. The van der Waals surface area contributed by atoms with Crippen LogP contribution in [0.2, 0.25) is 0 Å². The van der Waals surface area contributed by atoms with E-state index in [2.05, 4.69) is 0 Å². The van der Waals surface area contributed by atoms with Crippen molar-refractivity contribution in [1.82, 2.24) is 0 Å². The zero-order valence-electron chi connectivity index (χ0n) is 8.93. The molecule has 1 aliphatic rings. The second kappa shape index (κ2) is 3.38. The van der Waals surface area contributed by atoms with Gasteiger partial charge in [-0.3, -0.25) is 4.79 Å². The summed E-state index contributed by atoms with van der Waals surface area (Å²) in [4.78, 5) is 12.3. The fourth-order valence-corrected chi connectivity index (χ4v) is 1.71. The van der Waals surface area contributed by atoms with E-state index >= 15 is 0 Å². The molecule has 0 bridgehead atoms. The lowest BCUT2D eigenvalue weighted by atomic mass is 9.83. The topological polar surface area (TPSA) is 53.7 Å². The van der Waals surface area contributed by atoms with Crippen molar-refractivity contribution in [3.63, 3.8) is 0 Å². The minimum absolute atomic E-state index is 0.231. The summed E-state index contributed by atoms with van der Waals surface area (Å²) in [6.07, 6.45) is 0.679. The molecule has 0 amide bonds. The monoisotopic (exact) mass is 209 g/mol. The molecule has 1 aromatic heterocycles. The second-order valence-electron chi connectivity index (χ2n) is 4.41. The van der Waals surface area contributed by atoms with Crippen LogP contribution in [0.25, 0.3) is 0 Å². The molecule has 0 aromatic carbocycles. The lowest BCUT2D eigenvalue weighted by molar-refractivity contribution is -0.0319. The standard InChI is InChI=1S/C11H15NO3/c1-8(2)11(14)6-12(7-11)10-4-3-9(5-13)15-10/h3-5,8,14H,6-7H2,1-2H3. The number of anilines is 1. The summed E-state index contributed by atoms with van der Waals surface area (Å²) in [5.41, 5.74) is -0.617. The van der Waals surface area contributed by atoms with Gasteiger partial charge in [0.25, 0.3) is 0 Å². The van der Waals surface area contributed by atoms with Gasteiger partial charge in [-0.1, -0.05) is 13.8 Å². The van der Waals surface area contributed by atoms with Gasteiger partial charge < -0.3 is 14.4 Å². The Kier molecular flexibility index (Phi) is 2.31. The number of carbonyl (C=O) groups is 1. The van der Waals surface area contributed by atoms with Crippen molar-refractivity contribution >= 4 is 12.2 Å². The first-order chi connectivity index (χ1) is 7.05. The van der Waals surface area contributed by atoms with Crippen molar-refractivity contribution in [2.24, 2.45) is 5.92 Å². The average molecular weight is 209 g/mol. The summed E-state index contributed by atoms with van der Waals surface area (Å²) < 4.78 is 5.26. The first-order valence-electron chi connectivity index (χ1n) is 5.07. The lowest BCUT2D eigenvalue weighted by Crippen LogP contribution is -2.64. The van der Waals surface area contributed by atoms with Crippen LogP contribution in [-0.2, 0) is 0 Å². The Labute approximate surface area is 88.5 Å². The molecule has 1 N–H and O–H groups in total. The van der Waals surface area contributed by atoms with Crippen LogP contribution < -0.4 is 4.90 Å². The van der Waals surface area contributed by atoms with Crippen LogP contribution in [0, 0.1) is 5.92 Å². The molecule has 15 heavy (non-hydrogen) atoms. The van der Waals surface area contributed by atoms with Gasteiger partial charge >= 0.3 is 0 Å². The minimum atomic E-state index is -0.617. The Bertz CT molecular complexity index is 364. The molecule has 0 aliphatic carbocycles. The summed E-state index contributed by atoms with van der Waals surface area (Å²) in [6.45, 7) is 5.12. The van der Waals surface area contributed by atoms with Gasteiger partial charge in [0.1, 0.15) is 5.60 Å². The van der Waals surface area contributed by atoms with E-state index in [1.54, 1.807) is 12.1 Å². The summed E-state index contributed by atoms with van der Waals surface area (Å²) >= 11 is 0. The lowest BCUT2D eigenvalue weighted by Gasteiger charge is -2.48. The van der Waals surface area contributed by atoms with Gasteiger partial charge in [0, 0.05) is 6.07 Å². The van der Waals surface area contributed by atoms with Gasteiger partial charge in [-0.2, -0.15) is 0 Å². The van der Waals surface area contributed by atoms with E-state index in [0.717, 1.165) is 0 Å². The second-order valence-corrected chi connectivity index (χ2v) is 4.41. The van der Waals surface area contributed by atoms with E-state index in [9.17, 15) is 9.90 Å². The van der Waals surface area contributed by atoms with Crippen molar-refractivity contribution in [3.05, 3.63) is 17.9 Å². The highest BCUT2D eigenvalue weighted by molar-refractivity contribution is 5.71. The fourth-order valence-electron chi connectivity index (χ4n) is 1.71. The number of hydrogen-bond donors (Lipinski definition) is 1. The third-order valence-electron chi connectivity index (χ3n) is 3.04. The number of rotatable bonds is 3. The molecule has 4 nitrogen and oxygen atoms in total. The molecule has 4 heteroatoms. The SMILES string of the molecule is CC(C)C1(O)CN(c2ccc(C=O)o2)C1. The third-order valence-corrected chi connectivity index (χ3v) is 3.04. The highest BCUT2D eigenvalue weighted by Crippen LogP contribution is 2.33. The summed E-state index contributed by atoms with van der Waals surface area (Å²) in [5, 5.41) is 10.0. The number of β-amino-alcohol motifs (C(OH)–C–C–N with tert-alkyl or cyclic N) is 1. The number of aldehydes is 1. The summed E-state index contributed by atoms with van der Waals surface area (Å²) in [6, 6.07) is 3.39. The molecule has 2 heterocycles. The van der Waals surface area contributed by atoms with Gasteiger partial charge in [-0.05, 0) is 12.0 Å². The molecule has 0 atom stereocenters. The van der Waals surface area contributed by atoms with Crippen LogP contribution in [0.4, 0.5) is 5.88 Å². The van der Waals surface area contributed by atoms with Crippen LogP contribution in [0.15, 0.2) is 16.5 Å². The van der Waals surface area contributed by atoms with E-state index in [4.69, 9.17) is 4.42 Å². The highest BCUT2D eigenvalue weighted by atomic mass is 16.4. The Morgan fingerprint density at radius 1 is 1.53 bits per heavy atom. The molecule has 1 aliphatic heterocycles. The van der Waals surface area contributed by atoms with Crippen molar-refractivity contribution in [2.75, 3.05) is 18.0 Å². The minimum Gasteiger partial charge on any atom is -0.438 e. The molecule has 1 saturated heterocycles. The van der Waals surface area contributed by atoms with Crippen LogP contribution in [-0.4, -0.2) is 30.1 Å². The van der Waals surface area contributed by atoms with Crippen LogP contribution in [0.1, 0.15) is 24.4 Å². The quantitative estimate of drug-likeness (QED) is 0.762. The number of carbonyl (C=O) groups excluding carboxylic acids is 1. The van der Waals surface area contributed by atoms with Crippen LogP contribution >= 0.6 is 0 Å². The molecule has 0 unspecified atom stereocenters. The largest absolute Gasteiger partial charge is 0.438 e. The van der Waals surface area contributed by atoms with Gasteiger partial charge in [-0.25, -0.2) is 0 Å². The number of aliphatic hydroxyl groups is 1. The van der Waals surface area contributed by atoms with Crippen LogP contribution in [0.5, 0.6) is 0 Å². The number of nitrogens with zero attached hydrogens (tertiary/aromatic N) is 1. The van der Waals surface area contributed by atoms with E-state index in [1.807, 2.05) is 18.7 Å². The summed E-state index contributed by atoms with van der Waals surface area (Å²) in [7, 11) is 0. The van der Waals surface area contributed by atoms with Crippen molar-refractivity contribution < 1.29 is 14.3 Å². The molecular formula is C11H15NO3. The Hall–Kier alpha value is -1.29. The van der Waals surface area contributed by atoms with E-state index in [1.165, 1.54) is 0 Å². The first kappa shape index (κ1) is 10.2. The molecular weight excluding hydrogens is 194 g/mol. The van der Waals surface area contributed by atoms with E-state index < -0.39 is 5.60 Å². The zero-order valence-corrected chi connectivity index (χ0v) is 8.93. The molecule has 0 radical (unpaired) electrons. The maximum atomic E-state index is 10.4. The van der Waals surface area contributed by atoms with Crippen molar-refractivity contribution in [1.29, 1.82) is 0 Å². The van der Waals surface area contributed by atoms with Crippen molar-refractivity contribution in [3.8, 4) is 0 Å². The number of hydrogen-bond acceptors (Lipinski definition) is 4. The van der Waals surface area contributed by atoms with Crippen LogP contribution in [0.3, 0.4) is 0 Å². The first-order valence-corrected chi connectivity index (χ1v) is 5.07. The fraction of sp³-hybridized carbons (Fsp3) is 0.545. The Morgan fingerprint density at radius 2 is 2.20 bits per heavy atom. The van der Waals surface area contributed by atoms with E-state index in [-0.39, 0.29) is 5.92 Å². The van der Waals surface area contributed by atoms with Gasteiger partial charge in [0.05, 0.1) is 13.1 Å². The molecule has 1 aromatic rings. The smallest absolute Gasteiger partial charge is 0.196 e. The molecule has 1 fully saturated rings. The van der Waals surface area contributed by atoms with Crippen molar-refractivity contribution in [2.45, 2.75) is 19.4 Å². The highest BCUT2D eigenvalue weighted by Gasteiger charge is 2.44. The third kappa shape index (κ3) is 1.65. The average Bonchev–Trinajstić information content (AvgIpc) is 2.60. The predicted octanol–water partition coefficient (Wildman–Crippen LogP) is 1.30. The van der Waals surface area contributed by atoms with Gasteiger partial charge in [-0.15, -0.1) is 0 Å².